The largest absolute Gasteiger partial charge is 0.394 e. The molecule has 0 aliphatic heterocycles. The van der Waals surface area contributed by atoms with Gasteiger partial charge in [0.15, 0.2) is 0 Å². The third-order valence-electron chi connectivity index (χ3n) is 1.02. The number of nitrogens with zero attached hydrogens (tertiary/aromatic N) is 1. The standard InChI is InChI=1S/C4H10O.C3H7NO2.C3H7N/c1-3-4-5-2;1-2-3-4(5)6;1-3-4-2/h3-4H2,1-2H3;2-3H2,1H3;3-4H,1H2,2H3. The van der Waals surface area contributed by atoms with E-state index in [9.17, 15) is 10.1 Å². The first-order valence-corrected chi connectivity index (χ1v) is 4.99. The van der Waals surface area contributed by atoms with E-state index in [1.54, 1.807) is 20.2 Å². The summed E-state index contributed by atoms with van der Waals surface area (Å²) in [5, 5.41) is 12.1. The monoisotopic (exact) mass is 220 g/mol. The summed E-state index contributed by atoms with van der Waals surface area (Å²) in [7, 11) is 3.52. The lowest BCUT2D eigenvalue weighted by molar-refractivity contribution is -0.479. The van der Waals surface area contributed by atoms with Crippen molar-refractivity contribution < 1.29 is 9.66 Å². The van der Waals surface area contributed by atoms with E-state index in [4.69, 9.17) is 4.74 Å². The first kappa shape index (κ1) is 19.5. The Morgan fingerprint density at radius 1 is 1.47 bits per heavy atom. The molecule has 92 valence electrons. The Labute approximate surface area is 92.7 Å². The quantitative estimate of drug-likeness (QED) is 0.569. The van der Waals surface area contributed by atoms with Crippen LogP contribution in [0.5, 0.6) is 0 Å². The van der Waals surface area contributed by atoms with Gasteiger partial charge in [0.2, 0.25) is 6.54 Å². The number of hydrogen-bond acceptors (Lipinski definition) is 4. The summed E-state index contributed by atoms with van der Waals surface area (Å²) in [5.74, 6) is 0. The van der Waals surface area contributed by atoms with Gasteiger partial charge < -0.3 is 10.1 Å². The molecule has 0 saturated heterocycles. The zero-order valence-electron chi connectivity index (χ0n) is 10.3. The molecule has 0 radical (unpaired) electrons. The second kappa shape index (κ2) is 23.1. The molecule has 0 unspecified atom stereocenters. The Hall–Kier alpha value is -1.10. The molecule has 5 heteroatoms. The summed E-state index contributed by atoms with van der Waals surface area (Å²) in [5.41, 5.74) is 0. The van der Waals surface area contributed by atoms with Crippen LogP contribution in [-0.2, 0) is 4.74 Å². The van der Waals surface area contributed by atoms with Crippen LogP contribution in [0.1, 0.15) is 26.7 Å². The lowest BCUT2D eigenvalue weighted by atomic mass is 10.5. The predicted molar refractivity (Wildman–Crippen MR) is 63.6 cm³/mol. The van der Waals surface area contributed by atoms with Crippen molar-refractivity contribution in [2.24, 2.45) is 0 Å². The van der Waals surface area contributed by atoms with Crippen LogP contribution in [0.2, 0.25) is 0 Å². The van der Waals surface area contributed by atoms with Gasteiger partial charge in [-0.25, -0.2) is 0 Å². The van der Waals surface area contributed by atoms with Crippen molar-refractivity contribution in [2.45, 2.75) is 26.7 Å². The van der Waals surface area contributed by atoms with Crippen LogP contribution in [0, 0.1) is 10.1 Å². The van der Waals surface area contributed by atoms with Crippen molar-refractivity contribution in [1.29, 1.82) is 0 Å². The third kappa shape index (κ3) is 63.8. The Kier molecular flexibility index (Phi) is 29.9. The van der Waals surface area contributed by atoms with E-state index in [-0.39, 0.29) is 11.5 Å². The highest BCUT2D eigenvalue weighted by atomic mass is 16.6. The summed E-state index contributed by atoms with van der Waals surface area (Å²) >= 11 is 0. The van der Waals surface area contributed by atoms with E-state index >= 15 is 0 Å². The van der Waals surface area contributed by atoms with Gasteiger partial charge in [-0.05, 0) is 12.6 Å². The van der Waals surface area contributed by atoms with Crippen LogP contribution in [-0.4, -0.2) is 32.2 Å². The number of rotatable bonds is 5. The second-order valence-electron chi connectivity index (χ2n) is 2.54. The Bertz CT molecular complexity index is 128. The number of nitro groups is 1. The summed E-state index contributed by atoms with van der Waals surface area (Å²) in [6.07, 6.45) is 3.38. The molecule has 0 amide bonds. The molecule has 0 rings (SSSR count). The number of nitrogens with one attached hydrogen (secondary N) is 1. The number of hydrogen-bond donors (Lipinski definition) is 1. The molecule has 0 aliphatic carbocycles. The van der Waals surface area contributed by atoms with E-state index in [1.807, 2.05) is 7.05 Å². The van der Waals surface area contributed by atoms with E-state index in [1.165, 1.54) is 0 Å². The fraction of sp³-hybridized carbons (Fsp3) is 0.800. The maximum absolute atomic E-state index is 9.40. The van der Waals surface area contributed by atoms with Gasteiger partial charge in [-0.1, -0.05) is 20.4 Å². The zero-order chi connectivity index (χ0) is 12.5. The second-order valence-corrected chi connectivity index (χ2v) is 2.54. The summed E-state index contributed by atoms with van der Waals surface area (Å²) in [6, 6.07) is 0. The zero-order valence-corrected chi connectivity index (χ0v) is 10.3. The highest BCUT2D eigenvalue weighted by molar-refractivity contribution is 4.55. The summed E-state index contributed by atoms with van der Waals surface area (Å²) in [4.78, 5) is 9.09. The molecule has 0 aromatic heterocycles. The van der Waals surface area contributed by atoms with Crippen molar-refractivity contribution >= 4 is 0 Å². The first-order chi connectivity index (χ1) is 7.10. The molecule has 0 aliphatic rings. The first-order valence-electron chi connectivity index (χ1n) is 4.99. The van der Waals surface area contributed by atoms with Gasteiger partial charge in [-0.15, -0.1) is 0 Å². The molecular weight excluding hydrogens is 196 g/mol. The molecule has 0 atom stereocenters. The Morgan fingerprint density at radius 2 is 1.93 bits per heavy atom. The van der Waals surface area contributed by atoms with Crippen LogP contribution in [0.25, 0.3) is 0 Å². The normalized spacial score (nSPS) is 7.47. The molecule has 0 aromatic rings. The average Bonchev–Trinajstić information content (AvgIpc) is 2.20. The minimum atomic E-state index is -0.319. The van der Waals surface area contributed by atoms with E-state index in [0.717, 1.165) is 13.0 Å². The topological polar surface area (TPSA) is 64.4 Å². The molecular formula is C10H24N2O3. The van der Waals surface area contributed by atoms with Crippen molar-refractivity contribution in [3.63, 3.8) is 0 Å². The Balaban J connectivity index is -0.000000147. The molecule has 0 aromatic carbocycles. The van der Waals surface area contributed by atoms with Gasteiger partial charge in [-0.2, -0.15) is 0 Å². The van der Waals surface area contributed by atoms with Crippen LogP contribution < -0.4 is 5.32 Å². The fourth-order valence-corrected chi connectivity index (χ4v) is 0.387. The van der Waals surface area contributed by atoms with E-state index in [2.05, 4.69) is 18.8 Å². The molecule has 0 saturated carbocycles. The third-order valence-corrected chi connectivity index (χ3v) is 1.02. The fourth-order valence-electron chi connectivity index (χ4n) is 0.387. The molecule has 15 heavy (non-hydrogen) atoms. The Morgan fingerprint density at radius 3 is 1.93 bits per heavy atom. The summed E-state index contributed by atoms with van der Waals surface area (Å²) in [6.45, 7) is 8.22. The van der Waals surface area contributed by atoms with Gasteiger partial charge in [0.05, 0.1) is 0 Å². The average molecular weight is 220 g/mol. The van der Waals surface area contributed by atoms with Crippen molar-refractivity contribution in [3.8, 4) is 0 Å². The van der Waals surface area contributed by atoms with Gasteiger partial charge >= 0.3 is 0 Å². The minimum absolute atomic E-state index is 0.0972. The molecule has 0 heterocycles. The number of methoxy groups -OCH3 is 1. The smallest absolute Gasteiger partial charge is 0.203 e. The van der Waals surface area contributed by atoms with Gasteiger partial charge in [0.1, 0.15) is 0 Å². The maximum Gasteiger partial charge on any atom is 0.203 e. The van der Waals surface area contributed by atoms with E-state index < -0.39 is 0 Å². The van der Waals surface area contributed by atoms with Crippen molar-refractivity contribution in [2.75, 3.05) is 27.3 Å². The predicted octanol–water partition coefficient (Wildman–Crippen LogP) is 2.07. The van der Waals surface area contributed by atoms with Crippen molar-refractivity contribution in [1.82, 2.24) is 5.32 Å². The lowest BCUT2D eigenvalue weighted by Gasteiger charge is -1.84. The van der Waals surface area contributed by atoms with Gasteiger partial charge in [0.25, 0.3) is 0 Å². The molecule has 1 N–H and O–H groups in total. The summed E-state index contributed by atoms with van der Waals surface area (Å²) < 4.78 is 4.69. The van der Waals surface area contributed by atoms with Crippen LogP contribution in [0.4, 0.5) is 0 Å². The maximum atomic E-state index is 9.40. The van der Waals surface area contributed by atoms with Crippen molar-refractivity contribution in [3.05, 3.63) is 22.9 Å². The van der Waals surface area contributed by atoms with E-state index in [0.29, 0.717) is 6.42 Å². The van der Waals surface area contributed by atoms with Crippen LogP contribution >= 0.6 is 0 Å². The van der Waals surface area contributed by atoms with Gasteiger partial charge in [-0.3, -0.25) is 10.1 Å². The highest BCUT2D eigenvalue weighted by Crippen LogP contribution is 1.72. The number of ether oxygens (including phenoxy) is 1. The van der Waals surface area contributed by atoms with Crippen LogP contribution in [0.3, 0.4) is 0 Å². The molecule has 5 nitrogen and oxygen atoms in total. The minimum Gasteiger partial charge on any atom is -0.394 e. The SMILES string of the molecule is C=CNC.CCCOC.CCC[N+](=O)[O-]. The van der Waals surface area contributed by atoms with Crippen LogP contribution in [0.15, 0.2) is 12.8 Å². The lowest BCUT2D eigenvalue weighted by Crippen LogP contribution is -1.96. The van der Waals surface area contributed by atoms with Gasteiger partial charge in [0, 0.05) is 32.1 Å². The molecule has 0 spiro atoms. The molecule has 0 bridgehead atoms. The molecule has 0 fully saturated rings. The highest BCUT2D eigenvalue weighted by Gasteiger charge is 1.85.